The lowest BCUT2D eigenvalue weighted by molar-refractivity contribution is -0.385. The van der Waals surface area contributed by atoms with Crippen LogP contribution in [0.3, 0.4) is 0 Å². The molecule has 0 aromatic heterocycles. The normalized spacial score (nSPS) is 9.29. The lowest BCUT2D eigenvalue weighted by atomic mass is 10.1. The molecule has 7 nitrogen and oxygen atoms in total. The van der Waals surface area contributed by atoms with Gasteiger partial charge in [-0.05, 0) is 6.07 Å². The second-order valence-corrected chi connectivity index (χ2v) is 3.65. The molecule has 0 heterocycles. The van der Waals surface area contributed by atoms with Gasteiger partial charge in [0.15, 0.2) is 0 Å². The minimum absolute atomic E-state index is 0.289. The number of nitrogens with zero attached hydrogens (tertiary/aromatic N) is 1. The largest absolute Gasteiger partial charge is 0.468 e. The second-order valence-electron chi connectivity index (χ2n) is 3.65. The summed E-state index contributed by atoms with van der Waals surface area (Å²) in [6, 6.07) is 1.48. The van der Waals surface area contributed by atoms with Crippen LogP contribution in [0.4, 0.5) is 10.1 Å². The summed E-state index contributed by atoms with van der Waals surface area (Å²) in [7, 11) is 2.19. The third-order valence-corrected chi connectivity index (χ3v) is 2.37. The first kappa shape index (κ1) is 16.1. The van der Waals surface area contributed by atoms with E-state index >= 15 is 0 Å². The van der Waals surface area contributed by atoms with Gasteiger partial charge in [0.1, 0.15) is 17.8 Å². The Balaban J connectivity index is 3.25. The Morgan fingerprint density at radius 2 is 2.00 bits per heavy atom. The van der Waals surface area contributed by atoms with E-state index in [0.29, 0.717) is 6.07 Å². The number of methoxy groups -OCH3 is 2. The van der Waals surface area contributed by atoms with Crippen LogP contribution in [0.2, 0.25) is 0 Å². The van der Waals surface area contributed by atoms with Crippen LogP contribution in [0.5, 0.6) is 0 Å². The first-order valence-electron chi connectivity index (χ1n) is 5.52. The molecule has 8 heteroatoms. The van der Waals surface area contributed by atoms with E-state index < -0.39 is 33.9 Å². The van der Waals surface area contributed by atoms with E-state index in [1.807, 2.05) is 0 Å². The van der Waals surface area contributed by atoms with E-state index in [1.165, 1.54) is 7.11 Å². The Hall–Kier alpha value is -2.95. The molecule has 0 bridgehead atoms. The molecule has 0 aliphatic heterocycles. The van der Waals surface area contributed by atoms with Gasteiger partial charge in [-0.15, -0.1) is 0 Å². The molecule has 0 spiro atoms. The van der Waals surface area contributed by atoms with Gasteiger partial charge in [-0.25, -0.2) is 9.18 Å². The molecule has 0 radical (unpaired) electrons. The van der Waals surface area contributed by atoms with Crippen molar-refractivity contribution in [2.24, 2.45) is 0 Å². The predicted octanol–water partition coefficient (Wildman–Crippen LogP) is 1.44. The number of rotatable bonds is 3. The number of esters is 2. The third-order valence-electron chi connectivity index (χ3n) is 2.37. The molecule has 1 aromatic rings. The molecular weight excluding hydrogens is 285 g/mol. The molecule has 0 aliphatic carbocycles. The molecular formula is C13H10FNO6. The highest BCUT2D eigenvalue weighted by molar-refractivity contribution is 5.94. The van der Waals surface area contributed by atoms with Gasteiger partial charge in [0.05, 0.1) is 24.7 Å². The van der Waals surface area contributed by atoms with Crippen molar-refractivity contribution < 1.29 is 28.4 Å². The van der Waals surface area contributed by atoms with Crippen molar-refractivity contribution in [1.82, 2.24) is 0 Å². The average molecular weight is 295 g/mol. The van der Waals surface area contributed by atoms with Gasteiger partial charge in [-0.2, -0.15) is 0 Å². The molecule has 1 rings (SSSR count). The summed E-state index contributed by atoms with van der Waals surface area (Å²) in [5.41, 5.74) is -1.46. The quantitative estimate of drug-likeness (QED) is 0.362. The number of carbonyl (C=O) groups excluding carboxylic acids is 2. The smallest absolute Gasteiger partial charge is 0.344 e. The zero-order valence-corrected chi connectivity index (χ0v) is 11.1. The van der Waals surface area contributed by atoms with Crippen LogP contribution in [-0.4, -0.2) is 31.1 Å². The van der Waals surface area contributed by atoms with Crippen molar-refractivity contribution in [2.45, 2.75) is 6.42 Å². The summed E-state index contributed by atoms with van der Waals surface area (Å²) in [6.07, 6.45) is -0.289. The maximum Gasteiger partial charge on any atom is 0.344 e. The van der Waals surface area contributed by atoms with E-state index in [4.69, 9.17) is 0 Å². The van der Waals surface area contributed by atoms with Crippen molar-refractivity contribution in [3.8, 4) is 11.8 Å². The zero-order chi connectivity index (χ0) is 16.0. The summed E-state index contributed by atoms with van der Waals surface area (Å²) in [6.45, 7) is 0. The minimum Gasteiger partial charge on any atom is -0.468 e. The number of hydrogen-bond acceptors (Lipinski definition) is 6. The number of benzene rings is 1. The fourth-order valence-electron chi connectivity index (χ4n) is 1.37. The second kappa shape index (κ2) is 7.00. The lowest BCUT2D eigenvalue weighted by Gasteiger charge is -2.02. The van der Waals surface area contributed by atoms with Gasteiger partial charge in [0.2, 0.25) is 0 Å². The van der Waals surface area contributed by atoms with Crippen LogP contribution in [-0.2, 0) is 14.3 Å². The van der Waals surface area contributed by atoms with Crippen LogP contribution in [0, 0.1) is 27.8 Å². The number of ether oxygens (including phenoxy) is 2. The molecule has 0 unspecified atom stereocenters. The van der Waals surface area contributed by atoms with Gasteiger partial charge in [0, 0.05) is 6.07 Å². The van der Waals surface area contributed by atoms with E-state index in [0.717, 1.165) is 13.2 Å². The van der Waals surface area contributed by atoms with Gasteiger partial charge in [0.25, 0.3) is 5.69 Å². The van der Waals surface area contributed by atoms with Crippen LogP contribution in [0.15, 0.2) is 12.1 Å². The Morgan fingerprint density at radius 3 is 2.52 bits per heavy atom. The Morgan fingerprint density at radius 1 is 1.33 bits per heavy atom. The van der Waals surface area contributed by atoms with Crippen molar-refractivity contribution in [1.29, 1.82) is 0 Å². The first-order valence-corrected chi connectivity index (χ1v) is 5.52. The van der Waals surface area contributed by atoms with Crippen molar-refractivity contribution in [2.75, 3.05) is 14.2 Å². The van der Waals surface area contributed by atoms with E-state index in [-0.39, 0.29) is 12.0 Å². The summed E-state index contributed by atoms with van der Waals surface area (Å²) in [5.74, 6) is 2.01. The summed E-state index contributed by atoms with van der Waals surface area (Å²) >= 11 is 0. The minimum atomic E-state index is -1.03. The first-order chi connectivity index (χ1) is 9.90. The van der Waals surface area contributed by atoms with Gasteiger partial charge < -0.3 is 9.47 Å². The molecule has 0 saturated heterocycles. The monoisotopic (exact) mass is 295 g/mol. The summed E-state index contributed by atoms with van der Waals surface area (Å²) < 4.78 is 22.4. The van der Waals surface area contributed by atoms with Crippen molar-refractivity contribution in [3.63, 3.8) is 0 Å². The van der Waals surface area contributed by atoms with E-state index in [1.54, 1.807) is 0 Å². The zero-order valence-electron chi connectivity index (χ0n) is 11.1. The Bertz CT molecular complexity index is 659. The van der Waals surface area contributed by atoms with Gasteiger partial charge >= 0.3 is 11.9 Å². The van der Waals surface area contributed by atoms with Gasteiger partial charge in [-0.1, -0.05) is 11.8 Å². The van der Waals surface area contributed by atoms with E-state index in [9.17, 15) is 24.1 Å². The maximum atomic E-state index is 13.7. The van der Waals surface area contributed by atoms with Crippen LogP contribution >= 0.6 is 0 Å². The third kappa shape index (κ3) is 4.01. The Labute approximate surface area is 118 Å². The summed E-state index contributed by atoms with van der Waals surface area (Å²) in [4.78, 5) is 32.2. The molecule has 0 fully saturated rings. The number of carbonyl (C=O) groups is 2. The molecule has 0 amide bonds. The molecule has 0 aliphatic rings. The SMILES string of the molecule is COC(=O)CC#Cc1cc([N+](=O)[O-])c(C(=O)OC)cc1F. The summed E-state index contributed by atoms with van der Waals surface area (Å²) in [5, 5.41) is 10.9. The van der Waals surface area contributed by atoms with Crippen LogP contribution in [0.25, 0.3) is 0 Å². The van der Waals surface area contributed by atoms with Crippen LogP contribution < -0.4 is 0 Å². The van der Waals surface area contributed by atoms with Crippen LogP contribution in [0.1, 0.15) is 22.3 Å². The van der Waals surface area contributed by atoms with E-state index in [2.05, 4.69) is 21.3 Å². The molecule has 110 valence electrons. The standard InChI is InChI=1S/C13H10FNO6/c1-20-12(16)5-3-4-8-6-11(15(18)19)9(7-10(8)14)13(17)21-2/h6-7H,5H2,1-2H3. The number of hydrogen-bond donors (Lipinski definition) is 0. The fourth-order valence-corrected chi connectivity index (χ4v) is 1.37. The number of nitro benzene ring substituents is 1. The maximum absolute atomic E-state index is 13.7. The van der Waals surface area contributed by atoms with Gasteiger partial charge in [-0.3, -0.25) is 14.9 Å². The molecule has 0 atom stereocenters. The fraction of sp³-hybridized carbons (Fsp3) is 0.231. The lowest BCUT2D eigenvalue weighted by Crippen LogP contribution is -2.07. The predicted molar refractivity (Wildman–Crippen MR) is 67.9 cm³/mol. The molecule has 21 heavy (non-hydrogen) atoms. The highest BCUT2D eigenvalue weighted by atomic mass is 19.1. The topological polar surface area (TPSA) is 95.7 Å². The van der Waals surface area contributed by atoms with Crippen molar-refractivity contribution in [3.05, 3.63) is 39.2 Å². The highest BCUT2D eigenvalue weighted by Crippen LogP contribution is 2.23. The number of nitro groups is 1. The average Bonchev–Trinajstić information content (AvgIpc) is 2.47. The molecule has 1 aromatic carbocycles. The molecule has 0 saturated carbocycles. The van der Waals surface area contributed by atoms with Crippen molar-refractivity contribution >= 4 is 17.6 Å². The highest BCUT2D eigenvalue weighted by Gasteiger charge is 2.23. The Kier molecular flexibility index (Phi) is 5.37. The molecule has 0 N–H and O–H groups in total. The number of halogens is 1.